The van der Waals surface area contributed by atoms with Gasteiger partial charge in [-0.3, -0.25) is 4.79 Å². The van der Waals surface area contributed by atoms with Crippen LogP contribution < -0.4 is 11.1 Å². The lowest BCUT2D eigenvalue weighted by molar-refractivity contribution is 0.0692. The van der Waals surface area contributed by atoms with Gasteiger partial charge in [0.25, 0.3) is 5.91 Å². The molecule has 192 valence electrons. The smallest absolute Gasteiger partial charge is 0.339 e. The second-order valence-electron chi connectivity index (χ2n) is 8.29. The monoisotopic (exact) mass is 535 g/mol. The Morgan fingerprint density at radius 2 is 1.87 bits per heavy atom. The summed E-state index contributed by atoms with van der Waals surface area (Å²) in [6.45, 7) is 0. The molecule has 13 heteroatoms. The number of benzene rings is 3. The van der Waals surface area contributed by atoms with Crippen LogP contribution in [0.2, 0.25) is 0 Å². The van der Waals surface area contributed by atoms with E-state index in [9.17, 15) is 23.1 Å². The van der Waals surface area contributed by atoms with Gasteiger partial charge in [-0.2, -0.15) is 5.10 Å². The number of carbonyl (C=O) groups is 2. The number of nitrogen functional groups attached to an aromatic ring is 1. The molecule has 2 aromatic heterocycles. The van der Waals surface area contributed by atoms with Crippen LogP contribution in [0.15, 0.2) is 76.3 Å². The Morgan fingerprint density at radius 3 is 2.58 bits per heavy atom. The van der Waals surface area contributed by atoms with Gasteiger partial charge in [-0.05, 0) is 42.0 Å². The second kappa shape index (κ2) is 9.12. The molecule has 38 heavy (non-hydrogen) atoms. The molecule has 0 spiro atoms. The van der Waals surface area contributed by atoms with E-state index >= 15 is 4.39 Å². The molecule has 3 aromatic carbocycles. The first-order valence-corrected chi connectivity index (χ1v) is 12.8. The summed E-state index contributed by atoms with van der Waals surface area (Å²) in [6, 6.07) is 14.5. The minimum absolute atomic E-state index is 0.0246. The van der Waals surface area contributed by atoms with Gasteiger partial charge in [-0.15, -0.1) is 0 Å². The van der Waals surface area contributed by atoms with Crippen LogP contribution in [0.25, 0.3) is 27.8 Å². The first-order valence-electron chi connectivity index (χ1n) is 10.9. The summed E-state index contributed by atoms with van der Waals surface area (Å²) in [5.74, 6) is -3.12. The highest BCUT2D eigenvalue weighted by atomic mass is 32.2. The first kappa shape index (κ1) is 24.6. The SMILES string of the molecule is CS(=O)(=O)c1ccccc1-c1ccc(NC(=O)c2c(C(=O)O)cnn2-c2ccc3onc(N)c3c2)c(F)c1. The van der Waals surface area contributed by atoms with E-state index in [0.29, 0.717) is 22.2 Å². The molecule has 5 rings (SSSR count). The molecule has 0 saturated carbocycles. The standard InChI is InChI=1S/C25H18FN5O6S/c1-38(35,36)21-5-3-2-4-15(21)13-6-8-19(18(26)10-13)29-24(32)22-17(25(33)34)12-28-31(22)14-7-9-20-16(11-14)23(27)30-37-20/h2-12H,1H3,(H2,27,30)(H,29,32)(H,33,34). The number of nitrogens with two attached hydrogens (primary N) is 1. The third kappa shape index (κ3) is 4.35. The third-order valence-electron chi connectivity index (χ3n) is 5.76. The number of hydrogen-bond donors (Lipinski definition) is 3. The summed E-state index contributed by atoms with van der Waals surface area (Å²) in [7, 11) is -3.59. The Hall–Kier alpha value is -5.04. The second-order valence-corrected chi connectivity index (χ2v) is 10.3. The van der Waals surface area contributed by atoms with Crippen LogP contribution in [0.1, 0.15) is 20.8 Å². The fraction of sp³-hybridized carbons (Fsp3) is 0.0400. The van der Waals surface area contributed by atoms with Crippen molar-refractivity contribution in [3.63, 3.8) is 0 Å². The average molecular weight is 536 g/mol. The number of hydrogen-bond acceptors (Lipinski definition) is 8. The molecule has 0 aliphatic heterocycles. The predicted molar refractivity (Wildman–Crippen MR) is 135 cm³/mol. The minimum atomic E-state index is -3.59. The number of aromatic carboxylic acids is 1. The fourth-order valence-corrected chi connectivity index (χ4v) is 4.90. The molecule has 0 unspecified atom stereocenters. The van der Waals surface area contributed by atoms with Crippen molar-refractivity contribution in [1.82, 2.24) is 14.9 Å². The summed E-state index contributed by atoms with van der Waals surface area (Å²) >= 11 is 0. The van der Waals surface area contributed by atoms with Crippen molar-refractivity contribution >= 4 is 44.2 Å². The van der Waals surface area contributed by atoms with Crippen molar-refractivity contribution in [2.45, 2.75) is 4.90 Å². The molecule has 4 N–H and O–H groups in total. The van der Waals surface area contributed by atoms with Crippen molar-refractivity contribution in [1.29, 1.82) is 0 Å². The van der Waals surface area contributed by atoms with Gasteiger partial charge in [0, 0.05) is 11.8 Å². The highest BCUT2D eigenvalue weighted by Crippen LogP contribution is 2.30. The largest absolute Gasteiger partial charge is 0.478 e. The van der Waals surface area contributed by atoms with Crippen LogP contribution in [0.3, 0.4) is 0 Å². The van der Waals surface area contributed by atoms with Gasteiger partial charge in [0.05, 0.1) is 27.9 Å². The van der Waals surface area contributed by atoms with Gasteiger partial charge in [0.1, 0.15) is 17.1 Å². The van der Waals surface area contributed by atoms with Gasteiger partial charge in [0.15, 0.2) is 21.2 Å². The molecule has 1 amide bonds. The molecule has 0 fully saturated rings. The zero-order chi connectivity index (χ0) is 27.2. The van der Waals surface area contributed by atoms with E-state index in [0.717, 1.165) is 23.2 Å². The molecular formula is C25H18FN5O6S. The number of carboxylic acids is 1. The topological polar surface area (TPSA) is 170 Å². The van der Waals surface area contributed by atoms with E-state index in [1.807, 2.05) is 0 Å². The lowest BCUT2D eigenvalue weighted by atomic mass is 10.0. The maximum absolute atomic E-state index is 15.1. The molecule has 0 radical (unpaired) electrons. The summed E-state index contributed by atoms with van der Waals surface area (Å²) in [4.78, 5) is 25.1. The van der Waals surface area contributed by atoms with Crippen LogP contribution in [0, 0.1) is 5.82 Å². The maximum Gasteiger partial charge on any atom is 0.339 e. The zero-order valence-electron chi connectivity index (χ0n) is 19.5. The molecule has 5 aromatic rings. The number of sulfone groups is 1. The molecule has 2 heterocycles. The molecule has 11 nitrogen and oxygen atoms in total. The van der Waals surface area contributed by atoms with Crippen LogP contribution in [-0.2, 0) is 9.84 Å². The number of rotatable bonds is 6. The van der Waals surface area contributed by atoms with E-state index in [-0.39, 0.29) is 27.7 Å². The lowest BCUT2D eigenvalue weighted by Gasteiger charge is -2.12. The van der Waals surface area contributed by atoms with Crippen LogP contribution in [0.4, 0.5) is 15.9 Å². The van der Waals surface area contributed by atoms with Crippen molar-refractivity contribution in [3.8, 4) is 16.8 Å². The predicted octanol–water partition coefficient (Wildman–Crippen LogP) is 3.76. The van der Waals surface area contributed by atoms with Gasteiger partial charge < -0.3 is 20.7 Å². The molecule has 0 atom stereocenters. The van der Waals surface area contributed by atoms with E-state index < -0.39 is 33.1 Å². The van der Waals surface area contributed by atoms with Crippen molar-refractivity contribution in [2.24, 2.45) is 0 Å². The number of nitrogens with zero attached hydrogens (tertiary/aromatic N) is 3. The number of carboxylic acid groups (broad SMARTS) is 1. The quantitative estimate of drug-likeness (QED) is 0.293. The van der Waals surface area contributed by atoms with Crippen LogP contribution >= 0.6 is 0 Å². The van der Waals surface area contributed by atoms with Gasteiger partial charge in [-0.1, -0.05) is 29.4 Å². The number of halogens is 1. The molecule has 0 saturated heterocycles. The number of fused-ring (bicyclic) bond motifs is 1. The van der Waals surface area contributed by atoms with Gasteiger partial charge in [-0.25, -0.2) is 22.3 Å². The highest BCUT2D eigenvalue weighted by molar-refractivity contribution is 7.90. The normalized spacial score (nSPS) is 11.5. The Morgan fingerprint density at radius 1 is 1.11 bits per heavy atom. The van der Waals surface area contributed by atoms with E-state index in [4.69, 9.17) is 10.3 Å². The number of anilines is 2. The lowest BCUT2D eigenvalue weighted by Crippen LogP contribution is -2.20. The summed E-state index contributed by atoms with van der Waals surface area (Å²) in [5.41, 5.74) is 6.00. The Bertz CT molecular complexity index is 1860. The number of amides is 1. The summed E-state index contributed by atoms with van der Waals surface area (Å²) in [5, 5.41) is 20.1. The van der Waals surface area contributed by atoms with Gasteiger partial charge >= 0.3 is 5.97 Å². The zero-order valence-corrected chi connectivity index (χ0v) is 20.4. The number of aromatic nitrogens is 3. The molecule has 0 bridgehead atoms. The first-order chi connectivity index (χ1) is 18.0. The Balaban J connectivity index is 1.52. The van der Waals surface area contributed by atoms with Crippen molar-refractivity contribution in [2.75, 3.05) is 17.3 Å². The van der Waals surface area contributed by atoms with Crippen molar-refractivity contribution in [3.05, 3.63) is 83.9 Å². The average Bonchev–Trinajstić information content (AvgIpc) is 3.49. The number of carbonyl (C=O) groups excluding carboxylic acids is 1. The van der Waals surface area contributed by atoms with Crippen LogP contribution in [0.5, 0.6) is 0 Å². The maximum atomic E-state index is 15.1. The Labute approximate surface area is 214 Å². The van der Waals surface area contributed by atoms with Gasteiger partial charge in [0.2, 0.25) is 0 Å². The molecule has 0 aliphatic carbocycles. The fourth-order valence-electron chi connectivity index (χ4n) is 3.99. The summed E-state index contributed by atoms with van der Waals surface area (Å²) in [6.07, 6.45) is 2.05. The van der Waals surface area contributed by atoms with E-state index in [1.54, 1.807) is 18.2 Å². The number of nitrogens with one attached hydrogen (secondary N) is 1. The summed E-state index contributed by atoms with van der Waals surface area (Å²) < 4.78 is 45.5. The highest BCUT2D eigenvalue weighted by Gasteiger charge is 2.25. The van der Waals surface area contributed by atoms with Crippen LogP contribution in [-0.4, -0.2) is 46.6 Å². The van der Waals surface area contributed by atoms with E-state index in [2.05, 4.69) is 15.6 Å². The molecule has 0 aliphatic rings. The van der Waals surface area contributed by atoms with E-state index in [1.165, 1.54) is 36.4 Å². The minimum Gasteiger partial charge on any atom is -0.478 e. The Kier molecular flexibility index (Phi) is 5.91. The van der Waals surface area contributed by atoms with Crippen molar-refractivity contribution < 1.29 is 32.0 Å². The molecular weight excluding hydrogens is 517 g/mol. The third-order valence-corrected chi connectivity index (χ3v) is 6.91.